The van der Waals surface area contributed by atoms with Gasteiger partial charge >= 0.3 is 0 Å². The van der Waals surface area contributed by atoms with Crippen molar-refractivity contribution in [1.82, 2.24) is 10.2 Å². The largest absolute Gasteiger partial charge is 0.319 e. The number of rotatable bonds is 4. The Morgan fingerprint density at radius 3 is 2.74 bits per heavy atom. The van der Waals surface area contributed by atoms with Crippen LogP contribution in [0.5, 0.6) is 0 Å². The molecular weight excluding hydrogens is 388 g/mol. The Morgan fingerprint density at radius 2 is 2.21 bits per heavy atom. The Morgan fingerprint density at radius 1 is 1.47 bits per heavy atom. The summed E-state index contributed by atoms with van der Waals surface area (Å²) in [6.07, 6.45) is 2.64. The average molecular weight is 410 g/mol. The molecule has 0 bridgehead atoms. The molecule has 5 heteroatoms. The van der Waals surface area contributed by atoms with Crippen molar-refractivity contribution >= 4 is 43.2 Å². The zero-order chi connectivity index (χ0) is 14.0. The molecule has 2 unspecified atom stereocenters. The van der Waals surface area contributed by atoms with Crippen molar-refractivity contribution in [3.63, 3.8) is 0 Å². The van der Waals surface area contributed by atoms with Crippen LogP contribution in [0, 0.1) is 5.92 Å². The zero-order valence-corrected chi connectivity index (χ0v) is 15.7. The maximum absolute atomic E-state index is 3.64. The van der Waals surface area contributed by atoms with Crippen molar-refractivity contribution in [1.29, 1.82) is 0 Å². The summed E-state index contributed by atoms with van der Waals surface area (Å²) in [5, 5.41) is 3.37. The lowest BCUT2D eigenvalue weighted by Gasteiger charge is -2.43. The Balaban J connectivity index is 2.31. The van der Waals surface area contributed by atoms with Crippen LogP contribution in [0.3, 0.4) is 0 Å². The van der Waals surface area contributed by atoms with Gasteiger partial charge in [-0.25, -0.2) is 0 Å². The summed E-state index contributed by atoms with van der Waals surface area (Å²) >= 11 is 9.14. The van der Waals surface area contributed by atoms with Gasteiger partial charge in [0.2, 0.25) is 0 Å². The molecule has 19 heavy (non-hydrogen) atoms. The van der Waals surface area contributed by atoms with Crippen molar-refractivity contribution in [2.24, 2.45) is 5.92 Å². The molecule has 1 aliphatic heterocycles. The molecule has 0 saturated carbocycles. The number of hydrogen-bond acceptors (Lipinski definition) is 3. The molecule has 0 aliphatic carbocycles. The van der Waals surface area contributed by atoms with E-state index in [0.717, 1.165) is 6.54 Å². The summed E-state index contributed by atoms with van der Waals surface area (Å²) in [4.78, 5) is 4.14. The first-order valence-corrected chi connectivity index (χ1v) is 9.30. The van der Waals surface area contributed by atoms with Crippen LogP contribution in [-0.2, 0) is 0 Å². The minimum Gasteiger partial charge on any atom is -0.319 e. The first kappa shape index (κ1) is 16.0. The summed E-state index contributed by atoms with van der Waals surface area (Å²) in [5.41, 5.74) is 0. The fraction of sp³-hybridized carbons (Fsp3) is 0.714. The number of piperidine rings is 1. The van der Waals surface area contributed by atoms with E-state index in [9.17, 15) is 0 Å². The third kappa shape index (κ3) is 3.62. The molecule has 0 radical (unpaired) electrons. The van der Waals surface area contributed by atoms with Gasteiger partial charge < -0.3 is 5.32 Å². The van der Waals surface area contributed by atoms with E-state index in [1.807, 2.05) is 11.3 Å². The van der Waals surface area contributed by atoms with Crippen molar-refractivity contribution in [2.45, 2.75) is 38.8 Å². The fourth-order valence-corrected chi connectivity index (χ4v) is 5.37. The normalized spacial score (nSPS) is 25.2. The van der Waals surface area contributed by atoms with E-state index >= 15 is 0 Å². The second kappa shape index (κ2) is 7.03. The molecule has 1 aromatic heterocycles. The molecule has 1 fully saturated rings. The molecule has 1 saturated heterocycles. The van der Waals surface area contributed by atoms with E-state index in [1.54, 1.807) is 0 Å². The van der Waals surface area contributed by atoms with Gasteiger partial charge in [-0.05, 0) is 90.7 Å². The molecule has 2 heterocycles. The summed E-state index contributed by atoms with van der Waals surface area (Å²) in [7, 11) is 2.06. The summed E-state index contributed by atoms with van der Waals surface area (Å²) in [5.74, 6) is 0.707. The summed E-state index contributed by atoms with van der Waals surface area (Å²) in [6, 6.07) is 3.45. The SMILES string of the molecule is CNCC1CCCN(C(C)C)C1c1cc(Br)c(Br)s1. The first-order valence-electron chi connectivity index (χ1n) is 6.89. The average Bonchev–Trinajstić information content (AvgIpc) is 2.69. The van der Waals surface area contributed by atoms with Gasteiger partial charge in [0.25, 0.3) is 0 Å². The highest BCUT2D eigenvalue weighted by molar-refractivity contribution is 9.13. The molecule has 1 aromatic rings. The molecule has 1 aliphatic rings. The van der Waals surface area contributed by atoms with E-state index in [4.69, 9.17) is 0 Å². The predicted octanol–water partition coefficient (Wildman–Crippen LogP) is 4.65. The lowest BCUT2D eigenvalue weighted by atomic mass is 9.87. The van der Waals surface area contributed by atoms with Gasteiger partial charge in [-0.15, -0.1) is 11.3 Å². The second-order valence-corrected chi connectivity index (χ2v) is 8.76. The van der Waals surface area contributed by atoms with Crippen molar-refractivity contribution in [3.05, 3.63) is 19.2 Å². The Hall–Kier alpha value is 0.580. The Bertz CT molecular complexity index is 398. The lowest BCUT2D eigenvalue weighted by molar-refractivity contribution is 0.0658. The van der Waals surface area contributed by atoms with E-state index in [0.29, 0.717) is 18.0 Å². The fourth-order valence-electron chi connectivity index (χ4n) is 3.06. The van der Waals surface area contributed by atoms with Crippen molar-refractivity contribution < 1.29 is 0 Å². The van der Waals surface area contributed by atoms with Gasteiger partial charge in [-0.1, -0.05) is 0 Å². The summed E-state index contributed by atoms with van der Waals surface area (Å²) in [6.45, 7) is 6.94. The predicted molar refractivity (Wildman–Crippen MR) is 91.0 cm³/mol. The molecular formula is C14H22Br2N2S. The van der Waals surface area contributed by atoms with E-state index in [1.165, 1.54) is 32.5 Å². The van der Waals surface area contributed by atoms with Gasteiger partial charge in [0, 0.05) is 21.4 Å². The molecule has 0 amide bonds. The lowest BCUT2D eigenvalue weighted by Crippen LogP contribution is -2.45. The molecule has 0 spiro atoms. The van der Waals surface area contributed by atoms with E-state index < -0.39 is 0 Å². The van der Waals surface area contributed by atoms with Crippen molar-refractivity contribution in [3.8, 4) is 0 Å². The van der Waals surface area contributed by atoms with Gasteiger partial charge in [0.15, 0.2) is 0 Å². The third-order valence-corrected chi connectivity index (χ3v) is 7.21. The van der Waals surface area contributed by atoms with Crippen LogP contribution in [0.4, 0.5) is 0 Å². The number of thiophene rings is 1. The van der Waals surface area contributed by atoms with E-state index in [-0.39, 0.29) is 0 Å². The number of nitrogens with one attached hydrogen (secondary N) is 1. The zero-order valence-electron chi connectivity index (χ0n) is 11.7. The highest BCUT2D eigenvalue weighted by atomic mass is 79.9. The maximum Gasteiger partial charge on any atom is 0.0843 e. The first-order chi connectivity index (χ1) is 9.04. The third-order valence-electron chi connectivity index (χ3n) is 3.88. The minimum absolute atomic E-state index is 0.550. The van der Waals surface area contributed by atoms with Crippen LogP contribution in [-0.4, -0.2) is 31.1 Å². The number of nitrogens with zero attached hydrogens (tertiary/aromatic N) is 1. The Kier molecular flexibility index (Phi) is 5.90. The van der Waals surface area contributed by atoms with Crippen LogP contribution in [0.15, 0.2) is 14.3 Å². The standard InChI is InChI=1S/C14H22Br2N2S/c1-9(2)18-6-4-5-10(8-17-3)13(18)12-7-11(15)14(16)19-12/h7,9-10,13,17H,4-6,8H2,1-3H3. The minimum atomic E-state index is 0.550. The van der Waals surface area contributed by atoms with Crippen LogP contribution in [0.1, 0.15) is 37.6 Å². The highest BCUT2D eigenvalue weighted by Gasteiger charge is 2.34. The van der Waals surface area contributed by atoms with Crippen LogP contribution >= 0.6 is 43.2 Å². The number of hydrogen-bond donors (Lipinski definition) is 1. The van der Waals surface area contributed by atoms with Gasteiger partial charge in [0.1, 0.15) is 0 Å². The smallest absolute Gasteiger partial charge is 0.0843 e. The van der Waals surface area contributed by atoms with Crippen LogP contribution in [0.2, 0.25) is 0 Å². The number of likely N-dealkylation sites (tertiary alicyclic amines) is 1. The summed E-state index contributed by atoms with van der Waals surface area (Å²) < 4.78 is 2.39. The van der Waals surface area contributed by atoms with Gasteiger partial charge in [0.05, 0.1) is 3.79 Å². The monoisotopic (exact) mass is 408 g/mol. The molecule has 2 atom stereocenters. The van der Waals surface area contributed by atoms with Crippen molar-refractivity contribution in [2.75, 3.05) is 20.1 Å². The van der Waals surface area contributed by atoms with Crippen LogP contribution < -0.4 is 5.32 Å². The molecule has 2 rings (SSSR count). The Labute approximate surface area is 137 Å². The topological polar surface area (TPSA) is 15.3 Å². The van der Waals surface area contributed by atoms with Gasteiger partial charge in [-0.3, -0.25) is 4.90 Å². The molecule has 0 aromatic carbocycles. The van der Waals surface area contributed by atoms with Gasteiger partial charge in [-0.2, -0.15) is 0 Å². The second-order valence-electron chi connectivity index (χ2n) is 5.51. The molecule has 108 valence electrons. The maximum atomic E-state index is 3.64. The quantitative estimate of drug-likeness (QED) is 0.778. The molecule has 1 N–H and O–H groups in total. The highest BCUT2D eigenvalue weighted by Crippen LogP contribution is 2.43. The van der Waals surface area contributed by atoms with E-state index in [2.05, 4.69) is 69.0 Å². The van der Waals surface area contributed by atoms with Crippen LogP contribution in [0.25, 0.3) is 0 Å². The number of halogens is 2. The molecule has 2 nitrogen and oxygen atoms in total.